The van der Waals surface area contributed by atoms with Gasteiger partial charge in [-0.25, -0.2) is 28.8 Å². The quantitative estimate of drug-likeness (QED) is 0.0114. The van der Waals surface area contributed by atoms with E-state index in [-0.39, 0.29) is 34.4 Å². The number of ether oxygens (including phenoxy) is 18. The molecule has 5 fully saturated rings. The summed E-state index contributed by atoms with van der Waals surface area (Å²) in [6.45, 7) is 4.81. The number of fused-ring (bicyclic) bond motifs is 1. The van der Waals surface area contributed by atoms with Crippen LogP contribution in [0.5, 0.6) is 0 Å². The zero-order chi connectivity index (χ0) is 80.5. The van der Waals surface area contributed by atoms with Crippen LogP contribution in [-0.2, 0) is 106 Å². The molecule has 0 aliphatic carbocycles. The maximum absolute atomic E-state index is 15.1. The molecule has 1 N–H and O–H groups in total. The van der Waals surface area contributed by atoms with Gasteiger partial charge in [0.2, 0.25) is 0 Å². The molecule has 6 aromatic carbocycles. The molecule has 113 heavy (non-hydrogen) atoms. The van der Waals surface area contributed by atoms with Crippen LogP contribution in [0.3, 0.4) is 0 Å². The maximum Gasteiger partial charge on any atom is 0.366 e. The van der Waals surface area contributed by atoms with Crippen LogP contribution in [0.1, 0.15) is 92.0 Å². The number of methoxy groups -OCH3 is 1. The molecule has 6 aromatic rings. The van der Waals surface area contributed by atoms with E-state index >= 15 is 4.79 Å². The molecule has 5 aliphatic rings. The van der Waals surface area contributed by atoms with Gasteiger partial charge in [-0.15, -0.1) is 0 Å². The highest BCUT2D eigenvalue weighted by molar-refractivity contribution is 6.76. The second-order valence-corrected chi connectivity index (χ2v) is 28.8. The second kappa shape index (κ2) is 38.8. The Kier molecular flexibility index (Phi) is 28.8. The van der Waals surface area contributed by atoms with E-state index < -0.39 is 206 Å². The number of carbonyl (C=O) groups excluding carboxylic acids is 8. The molecule has 11 rings (SSSR count). The number of alkyl halides is 3. The molecule has 0 bridgehead atoms. The Morgan fingerprint density at radius 3 is 1.54 bits per heavy atom. The summed E-state index contributed by atoms with van der Waals surface area (Å²) in [6.07, 6.45) is -32.2. The molecule has 5 aliphatic heterocycles. The van der Waals surface area contributed by atoms with Gasteiger partial charge in [0.15, 0.2) is 49.6 Å². The molecular formula is C77H78Cl3N7O26. The molecule has 5 saturated heterocycles. The predicted molar refractivity (Wildman–Crippen MR) is 391 cm³/mol. The largest absolute Gasteiger partial charge is 0.465 e. The van der Waals surface area contributed by atoms with E-state index in [1.807, 2.05) is 0 Å². The average molecular weight is 1620 g/mol. The number of hydrogen-bond acceptors (Lipinski definition) is 28. The minimum absolute atomic E-state index is 0.0265. The lowest BCUT2D eigenvalue weighted by Crippen LogP contribution is -2.70. The molecule has 0 radical (unpaired) electrons. The van der Waals surface area contributed by atoms with E-state index in [0.717, 1.165) is 14.0 Å². The highest BCUT2D eigenvalue weighted by atomic mass is 35.6. The molecule has 1 unspecified atom stereocenters. The van der Waals surface area contributed by atoms with Gasteiger partial charge in [0.25, 0.3) is 15.5 Å². The van der Waals surface area contributed by atoms with E-state index in [1.165, 1.54) is 98.8 Å². The van der Waals surface area contributed by atoms with Crippen LogP contribution >= 0.6 is 34.8 Å². The van der Waals surface area contributed by atoms with Gasteiger partial charge in [-0.2, -0.15) is 0 Å². The van der Waals surface area contributed by atoms with Crippen molar-refractivity contribution >= 4 is 82.5 Å². The molecule has 21 atom stereocenters. The summed E-state index contributed by atoms with van der Waals surface area (Å²) < 4.78 is 114. The highest BCUT2D eigenvalue weighted by Gasteiger charge is 2.63. The van der Waals surface area contributed by atoms with Crippen LogP contribution in [0.4, 0.5) is 0 Å². The number of nitrogens with zero attached hydrogens (tertiary/aromatic N) is 6. The minimum Gasteiger partial charge on any atom is -0.465 e. The molecule has 0 aromatic heterocycles. The number of rotatable bonds is 29. The minimum atomic E-state index is -2.63. The Labute approximate surface area is 661 Å². The standard InChI is InChI=1S/C77H78Cl3N7O26/c1-41(2)100-72-64(108-69(93)49-35-23-12-24-36-49)62(58-52(105-72)40-99-76(5,113-58)75(95)96-6)112-71-55(85-87-82)60(56(50(104-71)38-97-37-44-25-13-7-14-26-44)109-70-54(84-86-81)59(102-43(4)88)53(42(3)101-70)83-74(94)77(78,79)80)111-73-63(107-68(92)48-33-21-11-22-34-48)61(106-67(91)47-31-19-10-20-32-47)57(110-73)51(103-66(90)46-29-17-9-18-30-46)39-98-65(89)45-27-15-8-16-28-45/h7-36,41-42,50-64,70-73H,37-40H2,1-6H3,(H,83,94)/t42-,50-,51-,52-,53+,54-,55-,56+,57+,58+,59+,60-,61+,62+,63-,64-,70-,71-,72-,73+,76?/m1/s1. The average Bonchev–Trinajstić information content (AvgIpc) is 1.65. The number of azide groups is 2. The Bertz CT molecular complexity index is 4350. The van der Waals surface area contributed by atoms with Crippen molar-refractivity contribution in [3.05, 3.63) is 236 Å². The third-order valence-electron chi connectivity index (χ3n) is 18.4. The third kappa shape index (κ3) is 21.1. The zero-order valence-corrected chi connectivity index (χ0v) is 63.5. The van der Waals surface area contributed by atoms with Crippen LogP contribution in [0, 0.1) is 0 Å². The van der Waals surface area contributed by atoms with Crippen LogP contribution in [0.15, 0.2) is 192 Å². The van der Waals surface area contributed by atoms with Crippen LogP contribution in [0.2, 0.25) is 0 Å². The SMILES string of the molecule is COC(=O)C1(C)OC[C@H]2O[C@@H](OC(C)C)[C@H](OC(=O)c3ccccc3)[C@@H](O[C@H]3O[C@H](COCc4ccccc4)[C@H](O[C@H]4O[C@H](C)[C@H](NC(=O)C(Cl)(Cl)Cl)[C@H](OC(C)=O)[C@H]4N=[N+]=[N-])[C@H](O[C@@H]4O[C@@H]([C@@H](COC(=O)c5ccccc5)OC(=O)c5ccccc5)[C@H](OC(=O)c5ccccc5)[C@H]4OC(=O)c4ccccc4)[C@H]3N=[N+]=[N-])[C@H]2O1. The number of esters is 7. The molecule has 1 amide bonds. The molecule has 5 heterocycles. The first-order chi connectivity index (χ1) is 54.3. The first kappa shape index (κ1) is 84.0. The van der Waals surface area contributed by atoms with E-state index in [9.17, 15) is 44.6 Å². The van der Waals surface area contributed by atoms with Gasteiger partial charge in [-0.1, -0.05) is 166 Å². The summed E-state index contributed by atoms with van der Waals surface area (Å²) in [5.41, 5.74) is 22.1. The number of hydrogen-bond donors (Lipinski definition) is 1. The molecule has 0 spiro atoms. The molecule has 0 saturated carbocycles. The van der Waals surface area contributed by atoms with Crippen molar-refractivity contribution in [1.29, 1.82) is 0 Å². The first-order valence-electron chi connectivity index (χ1n) is 35.5. The molecule has 36 heteroatoms. The summed E-state index contributed by atoms with van der Waals surface area (Å²) in [6, 6.07) is 41.1. The maximum atomic E-state index is 15.1. The summed E-state index contributed by atoms with van der Waals surface area (Å²) in [5.74, 6) is -10.7. The highest BCUT2D eigenvalue weighted by Crippen LogP contribution is 2.44. The van der Waals surface area contributed by atoms with Gasteiger partial charge in [-0.05, 0) is 98.1 Å². The number of benzene rings is 6. The van der Waals surface area contributed by atoms with Gasteiger partial charge < -0.3 is 90.6 Å². The van der Waals surface area contributed by atoms with E-state index in [0.29, 0.717) is 5.56 Å². The fraction of sp³-hybridized carbons (Fsp3) is 0.429. The normalized spacial score (nSPS) is 28.9. The zero-order valence-electron chi connectivity index (χ0n) is 61.2. The smallest absolute Gasteiger partial charge is 0.366 e. The van der Waals surface area contributed by atoms with E-state index in [2.05, 4.69) is 25.4 Å². The van der Waals surface area contributed by atoms with Crippen molar-refractivity contribution in [2.45, 2.75) is 180 Å². The number of carbonyl (C=O) groups is 8. The van der Waals surface area contributed by atoms with E-state index in [4.69, 9.17) is 120 Å². The van der Waals surface area contributed by atoms with Crippen LogP contribution < -0.4 is 5.32 Å². The Hall–Kier alpha value is -9.87. The van der Waals surface area contributed by atoms with Gasteiger partial charge in [0.1, 0.15) is 67.5 Å². The van der Waals surface area contributed by atoms with Crippen molar-refractivity contribution in [1.82, 2.24) is 5.32 Å². The van der Waals surface area contributed by atoms with Gasteiger partial charge in [0.05, 0.1) is 73.0 Å². The van der Waals surface area contributed by atoms with Crippen molar-refractivity contribution < 1.29 is 124 Å². The lowest BCUT2D eigenvalue weighted by molar-refractivity contribution is -0.404. The van der Waals surface area contributed by atoms with Crippen molar-refractivity contribution in [2.24, 2.45) is 10.2 Å². The first-order valence-corrected chi connectivity index (χ1v) is 36.6. The van der Waals surface area contributed by atoms with Crippen LogP contribution in [0.25, 0.3) is 20.9 Å². The van der Waals surface area contributed by atoms with E-state index in [1.54, 1.807) is 111 Å². The summed E-state index contributed by atoms with van der Waals surface area (Å²) >= 11 is 18.2. The van der Waals surface area contributed by atoms with Crippen molar-refractivity contribution in [2.75, 3.05) is 26.9 Å². The lowest BCUT2D eigenvalue weighted by atomic mass is 9.93. The monoisotopic (exact) mass is 1620 g/mol. The number of amides is 1. The number of nitrogens with one attached hydrogen (secondary N) is 1. The predicted octanol–water partition coefficient (Wildman–Crippen LogP) is 9.91. The van der Waals surface area contributed by atoms with Gasteiger partial charge in [0, 0.05) is 23.7 Å². The van der Waals surface area contributed by atoms with Crippen molar-refractivity contribution in [3.8, 4) is 0 Å². The van der Waals surface area contributed by atoms with Gasteiger partial charge >= 0.3 is 41.8 Å². The second-order valence-electron chi connectivity index (χ2n) is 26.5. The summed E-state index contributed by atoms with van der Waals surface area (Å²) in [7, 11) is 1.08. The van der Waals surface area contributed by atoms with Gasteiger partial charge in [-0.3, -0.25) is 9.59 Å². The van der Waals surface area contributed by atoms with Crippen molar-refractivity contribution in [3.63, 3.8) is 0 Å². The molecule has 33 nitrogen and oxygen atoms in total. The Balaban J connectivity index is 1.12. The topological polar surface area (TPSA) is 412 Å². The molecular weight excluding hydrogens is 1550 g/mol. The summed E-state index contributed by atoms with van der Waals surface area (Å²) in [5, 5.41) is 10.8. The Morgan fingerprint density at radius 2 is 1.04 bits per heavy atom. The number of halogens is 3. The Morgan fingerprint density at radius 1 is 0.566 bits per heavy atom. The fourth-order valence-electron chi connectivity index (χ4n) is 13.1. The van der Waals surface area contributed by atoms with Crippen LogP contribution in [-0.4, -0.2) is 213 Å². The lowest BCUT2D eigenvalue weighted by Gasteiger charge is -2.53. The molecule has 598 valence electrons. The fourth-order valence-corrected chi connectivity index (χ4v) is 13.3. The summed E-state index contributed by atoms with van der Waals surface area (Å²) in [4.78, 5) is 120. The third-order valence-corrected chi connectivity index (χ3v) is 18.9.